The van der Waals surface area contributed by atoms with E-state index in [-0.39, 0.29) is 18.3 Å². The highest BCUT2D eigenvalue weighted by Crippen LogP contribution is 2.23. The Morgan fingerprint density at radius 2 is 1.80 bits per heavy atom. The number of hydrogen-bond donors (Lipinski definition) is 1. The van der Waals surface area contributed by atoms with Crippen molar-refractivity contribution in [2.45, 2.75) is 45.6 Å². The van der Waals surface area contributed by atoms with Crippen LogP contribution in [-0.2, 0) is 33.6 Å². The lowest BCUT2D eigenvalue weighted by Gasteiger charge is -2.14. The number of carbonyl (C=O) groups is 2. The molecule has 3 rings (SSSR count). The van der Waals surface area contributed by atoms with Crippen LogP contribution < -0.4 is 5.32 Å². The van der Waals surface area contributed by atoms with Gasteiger partial charge in [-0.1, -0.05) is 35.9 Å². The molecule has 0 fully saturated rings. The highest BCUT2D eigenvalue weighted by atomic mass is 16.5. The maximum Gasteiger partial charge on any atom is 0.311 e. The third-order valence-electron chi connectivity index (χ3n) is 4.51. The van der Waals surface area contributed by atoms with E-state index in [1.165, 1.54) is 17.5 Å². The van der Waals surface area contributed by atoms with Crippen LogP contribution in [0.3, 0.4) is 0 Å². The number of hydrogen-bond acceptors (Lipinski definition) is 3. The number of carbonyl (C=O) groups excluding carboxylic acids is 2. The molecule has 2 aromatic rings. The minimum Gasteiger partial charge on any atom is -0.452 e. The van der Waals surface area contributed by atoms with Crippen molar-refractivity contribution in [1.82, 2.24) is 0 Å². The Labute approximate surface area is 148 Å². The molecule has 1 aliphatic carbocycles. The minimum absolute atomic E-state index is 0.190. The van der Waals surface area contributed by atoms with Crippen LogP contribution >= 0.6 is 0 Å². The quantitative estimate of drug-likeness (QED) is 0.848. The normalized spacial score (nSPS) is 13.8. The SMILES string of the molecule is Cc1ccc(NC(=O)[C@@H](C)OC(=O)Cc2ccc3c(c2)CCC3)cc1. The highest BCUT2D eigenvalue weighted by Gasteiger charge is 2.19. The van der Waals surface area contributed by atoms with Crippen molar-refractivity contribution < 1.29 is 14.3 Å². The molecule has 25 heavy (non-hydrogen) atoms. The highest BCUT2D eigenvalue weighted by molar-refractivity contribution is 5.95. The van der Waals surface area contributed by atoms with Gasteiger partial charge in [-0.3, -0.25) is 9.59 Å². The Hall–Kier alpha value is -2.62. The lowest BCUT2D eigenvalue weighted by molar-refractivity contribution is -0.152. The maximum absolute atomic E-state index is 12.2. The number of nitrogens with one attached hydrogen (secondary N) is 1. The Kier molecular flexibility index (Phi) is 5.17. The zero-order valence-electron chi connectivity index (χ0n) is 14.7. The molecule has 0 bridgehead atoms. The molecule has 1 aliphatic rings. The smallest absolute Gasteiger partial charge is 0.311 e. The van der Waals surface area contributed by atoms with Gasteiger partial charge in [0.05, 0.1) is 6.42 Å². The van der Waals surface area contributed by atoms with Crippen molar-refractivity contribution in [3.05, 3.63) is 64.7 Å². The molecule has 2 aromatic carbocycles. The van der Waals surface area contributed by atoms with Gasteiger partial charge in [0.15, 0.2) is 6.10 Å². The number of amides is 1. The van der Waals surface area contributed by atoms with Crippen LogP contribution in [0.1, 0.15) is 35.6 Å². The maximum atomic E-state index is 12.2. The lowest BCUT2D eigenvalue weighted by Crippen LogP contribution is -2.30. The van der Waals surface area contributed by atoms with Gasteiger partial charge >= 0.3 is 5.97 Å². The second kappa shape index (κ2) is 7.51. The first kappa shape index (κ1) is 17.2. The molecular formula is C21H23NO3. The summed E-state index contributed by atoms with van der Waals surface area (Å²) in [6, 6.07) is 13.6. The van der Waals surface area contributed by atoms with Gasteiger partial charge in [0.1, 0.15) is 0 Å². The molecule has 0 heterocycles. The summed E-state index contributed by atoms with van der Waals surface area (Å²) in [7, 11) is 0. The number of fused-ring (bicyclic) bond motifs is 1. The predicted molar refractivity (Wildman–Crippen MR) is 97.5 cm³/mol. The van der Waals surface area contributed by atoms with E-state index in [1.54, 1.807) is 6.92 Å². The number of aryl methyl sites for hydroxylation is 3. The van der Waals surface area contributed by atoms with E-state index in [1.807, 2.05) is 37.3 Å². The van der Waals surface area contributed by atoms with Gasteiger partial charge in [0.2, 0.25) is 0 Å². The second-order valence-electron chi connectivity index (χ2n) is 6.62. The lowest BCUT2D eigenvalue weighted by atomic mass is 10.0. The van der Waals surface area contributed by atoms with Gasteiger partial charge in [0.25, 0.3) is 5.91 Å². The molecule has 0 aliphatic heterocycles. The second-order valence-corrected chi connectivity index (χ2v) is 6.62. The Balaban J connectivity index is 1.53. The van der Waals surface area contributed by atoms with Gasteiger partial charge in [-0.25, -0.2) is 0 Å². The third kappa shape index (κ3) is 4.47. The average Bonchev–Trinajstić information content (AvgIpc) is 3.04. The predicted octanol–water partition coefficient (Wildman–Crippen LogP) is 3.60. The molecule has 0 radical (unpaired) electrons. The molecule has 1 atom stereocenters. The summed E-state index contributed by atoms with van der Waals surface area (Å²) >= 11 is 0. The van der Waals surface area contributed by atoms with Crippen LogP contribution in [0.5, 0.6) is 0 Å². The first-order chi connectivity index (χ1) is 12.0. The zero-order chi connectivity index (χ0) is 17.8. The van der Waals surface area contributed by atoms with Gasteiger partial charge < -0.3 is 10.1 Å². The van der Waals surface area contributed by atoms with E-state index in [0.29, 0.717) is 5.69 Å². The number of anilines is 1. The zero-order valence-corrected chi connectivity index (χ0v) is 14.7. The first-order valence-electron chi connectivity index (χ1n) is 8.69. The van der Waals surface area contributed by atoms with Gasteiger partial charge in [-0.15, -0.1) is 0 Å². The Morgan fingerprint density at radius 1 is 1.08 bits per heavy atom. The molecule has 0 saturated heterocycles. The monoisotopic (exact) mass is 337 g/mol. The molecule has 1 amide bonds. The first-order valence-corrected chi connectivity index (χ1v) is 8.69. The number of benzene rings is 2. The summed E-state index contributed by atoms with van der Waals surface area (Å²) in [6.45, 7) is 3.57. The largest absolute Gasteiger partial charge is 0.452 e. The topological polar surface area (TPSA) is 55.4 Å². The standard InChI is InChI=1S/C21H23NO3/c1-14-6-10-19(11-7-14)22-21(24)15(2)25-20(23)13-16-8-9-17-4-3-5-18(17)12-16/h6-12,15H,3-5,13H2,1-2H3,(H,22,24)/t15-/m1/s1. The van der Waals surface area contributed by atoms with E-state index in [9.17, 15) is 9.59 Å². The van der Waals surface area contributed by atoms with Crippen molar-refractivity contribution in [3.8, 4) is 0 Å². The fraction of sp³-hybridized carbons (Fsp3) is 0.333. The van der Waals surface area contributed by atoms with Crippen molar-refractivity contribution in [3.63, 3.8) is 0 Å². The molecule has 1 N–H and O–H groups in total. The fourth-order valence-corrected chi connectivity index (χ4v) is 3.07. The summed E-state index contributed by atoms with van der Waals surface area (Å²) in [4.78, 5) is 24.3. The number of ether oxygens (including phenoxy) is 1. The van der Waals surface area contributed by atoms with E-state index in [4.69, 9.17) is 4.74 Å². The fourth-order valence-electron chi connectivity index (χ4n) is 3.07. The van der Waals surface area contributed by atoms with Crippen LogP contribution in [0.25, 0.3) is 0 Å². The third-order valence-corrected chi connectivity index (χ3v) is 4.51. The van der Waals surface area contributed by atoms with Crippen molar-refractivity contribution in [1.29, 1.82) is 0 Å². The molecule has 0 spiro atoms. The summed E-state index contributed by atoms with van der Waals surface area (Å²) < 4.78 is 5.28. The summed E-state index contributed by atoms with van der Waals surface area (Å²) in [5, 5.41) is 2.76. The van der Waals surface area contributed by atoms with Crippen LogP contribution in [0.2, 0.25) is 0 Å². The van der Waals surface area contributed by atoms with Crippen LogP contribution in [0.15, 0.2) is 42.5 Å². The molecule has 4 nitrogen and oxygen atoms in total. The summed E-state index contributed by atoms with van der Waals surface area (Å²) in [5.74, 6) is -0.712. The molecule has 4 heteroatoms. The van der Waals surface area contributed by atoms with Crippen molar-refractivity contribution >= 4 is 17.6 Å². The summed E-state index contributed by atoms with van der Waals surface area (Å²) in [5.41, 5.74) is 5.46. The van der Waals surface area contributed by atoms with E-state index >= 15 is 0 Å². The van der Waals surface area contributed by atoms with E-state index in [2.05, 4.69) is 17.4 Å². The Bertz CT molecular complexity index is 780. The molecule has 130 valence electrons. The molecular weight excluding hydrogens is 314 g/mol. The molecule has 0 aromatic heterocycles. The van der Waals surface area contributed by atoms with Gasteiger partial charge in [-0.2, -0.15) is 0 Å². The number of esters is 1. The molecule has 0 saturated carbocycles. The van der Waals surface area contributed by atoms with Crippen molar-refractivity contribution in [2.24, 2.45) is 0 Å². The van der Waals surface area contributed by atoms with Gasteiger partial charge in [0, 0.05) is 5.69 Å². The van der Waals surface area contributed by atoms with Gasteiger partial charge in [-0.05, 0) is 61.9 Å². The van der Waals surface area contributed by atoms with E-state index < -0.39 is 6.10 Å². The molecule has 0 unspecified atom stereocenters. The summed E-state index contributed by atoms with van der Waals surface area (Å²) in [6.07, 6.45) is 2.74. The van der Waals surface area contributed by atoms with Crippen LogP contribution in [0.4, 0.5) is 5.69 Å². The van der Waals surface area contributed by atoms with Crippen LogP contribution in [0, 0.1) is 6.92 Å². The minimum atomic E-state index is -0.830. The number of rotatable bonds is 5. The van der Waals surface area contributed by atoms with Crippen molar-refractivity contribution in [2.75, 3.05) is 5.32 Å². The van der Waals surface area contributed by atoms with E-state index in [0.717, 1.165) is 24.0 Å². The average molecular weight is 337 g/mol. The Morgan fingerprint density at radius 3 is 2.56 bits per heavy atom. The van der Waals surface area contributed by atoms with Crippen LogP contribution in [-0.4, -0.2) is 18.0 Å².